The van der Waals surface area contributed by atoms with Crippen molar-refractivity contribution >= 4 is 45.2 Å². The summed E-state index contributed by atoms with van der Waals surface area (Å²) in [7, 11) is 2.99. The average Bonchev–Trinajstić information content (AvgIpc) is 2.53. The summed E-state index contributed by atoms with van der Waals surface area (Å²) < 4.78 is 5.21. The molecular weight excluding hydrogens is 388 g/mol. The maximum atomic E-state index is 12.4. The summed E-state index contributed by atoms with van der Waals surface area (Å²) in [5.74, 6) is 0.166. The molecule has 0 bridgehead atoms. The number of aliphatic carboxylic acids is 1. The van der Waals surface area contributed by atoms with Crippen LogP contribution >= 0.6 is 21.6 Å². The third-order valence-electron chi connectivity index (χ3n) is 3.08. The summed E-state index contributed by atoms with van der Waals surface area (Å²) >= 11 is 0. The summed E-state index contributed by atoms with van der Waals surface area (Å²) in [4.78, 5) is 34.6. The maximum absolute atomic E-state index is 12.4. The molecule has 1 rings (SSSR count). The first-order chi connectivity index (χ1) is 12.6. The molecule has 0 radical (unpaired) electrons. The number of carboxylic acid groups (broad SMARTS) is 1. The van der Waals surface area contributed by atoms with Crippen LogP contribution in [0.1, 0.15) is 43.1 Å². The minimum absolute atomic E-state index is 0.126. The van der Waals surface area contributed by atoms with Crippen molar-refractivity contribution in [1.29, 1.82) is 0 Å². The van der Waals surface area contributed by atoms with Gasteiger partial charge in [-0.1, -0.05) is 27.7 Å². The molecule has 0 fully saturated rings. The predicted octanol–water partition coefficient (Wildman–Crippen LogP) is 3.93. The standard InChI is InChI=1S/C18H26N2O5S2/c1-12-5-6-13(20-17(24)25-18(2,3)4)11-14(12)16(23)19-8-10-27-26-9-7-15(21)22/h5-6,11H,7-10H2,1-4H3,(H,19,23)(H,20,24)(H,21,22). The topological polar surface area (TPSA) is 105 Å². The molecule has 150 valence electrons. The number of carboxylic acids is 1. The average molecular weight is 415 g/mol. The Kier molecular flexibility index (Phi) is 9.51. The lowest BCUT2D eigenvalue weighted by atomic mass is 10.1. The summed E-state index contributed by atoms with van der Waals surface area (Å²) in [5.41, 5.74) is 1.16. The molecule has 0 heterocycles. The van der Waals surface area contributed by atoms with Gasteiger partial charge < -0.3 is 15.2 Å². The van der Waals surface area contributed by atoms with Gasteiger partial charge in [-0.2, -0.15) is 0 Å². The van der Waals surface area contributed by atoms with Gasteiger partial charge >= 0.3 is 12.1 Å². The van der Waals surface area contributed by atoms with E-state index in [0.717, 1.165) is 5.56 Å². The van der Waals surface area contributed by atoms with E-state index in [1.165, 1.54) is 21.6 Å². The number of carbonyl (C=O) groups excluding carboxylic acids is 2. The number of rotatable bonds is 9. The summed E-state index contributed by atoms with van der Waals surface area (Å²) in [6, 6.07) is 5.09. The van der Waals surface area contributed by atoms with Crippen molar-refractivity contribution in [2.24, 2.45) is 0 Å². The Bertz CT molecular complexity index is 674. The summed E-state index contributed by atoms with van der Waals surface area (Å²) in [6.07, 6.45) is -0.451. The molecule has 7 nitrogen and oxygen atoms in total. The van der Waals surface area contributed by atoms with Gasteiger partial charge in [0, 0.05) is 29.3 Å². The molecule has 1 aromatic carbocycles. The van der Waals surface area contributed by atoms with E-state index in [9.17, 15) is 14.4 Å². The van der Waals surface area contributed by atoms with E-state index in [0.29, 0.717) is 29.3 Å². The van der Waals surface area contributed by atoms with E-state index in [-0.39, 0.29) is 12.3 Å². The van der Waals surface area contributed by atoms with Crippen molar-refractivity contribution in [3.05, 3.63) is 29.3 Å². The molecule has 27 heavy (non-hydrogen) atoms. The normalized spacial score (nSPS) is 11.0. The zero-order valence-corrected chi connectivity index (χ0v) is 17.6. The number of aryl methyl sites for hydroxylation is 1. The third-order valence-corrected chi connectivity index (χ3v) is 5.49. The Morgan fingerprint density at radius 3 is 2.44 bits per heavy atom. The molecule has 0 saturated heterocycles. The molecule has 0 aromatic heterocycles. The third kappa shape index (κ3) is 10.1. The van der Waals surface area contributed by atoms with Gasteiger partial charge in [0.1, 0.15) is 5.60 Å². The van der Waals surface area contributed by atoms with Gasteiger partial charge in [-0.3, -0.25) is 14.9 Å². The second-order valence-electron chi connectivity index (χ2n) is 6.70. The monoisotopic (exact) mass is 414 g/mol. The van der Waals surface area contributed by atoms with E-state index in [1.807, 2.05) is 6.92 Å². The second kappa shape index (κ2) is 11.1. The van der Waals surface area contributed by atoms with Crippen molar-refractivity contribution in [2.45, 2.75) is 39.7 Å². The van der Waals surface area contributed by atoms with Crippen LogP contribution in [0.25, 0.3) is 0 Å². The first-order valence-corrected chi connectivity index (χ1v) is 10.9. The van der Waals surface area contributed by atoms with Gasteiger partial charge in [-0.15, -0.1) is 0 Å². The molecule has 0 saturated carbocycles. The number of ether oxygens (including phenoxy) is 1. The quantitative estimate of drug-likeness (QED) is 0.415. The number of benzene rings is 1. The highest BCUT2D eigenvalue weighted by Crippen LogP contribution is 2.21. The van der Waals surface area contributed by atoms with Crippen LogP contribution in [0.2, 0.25) is 0 Å². The molecule has 1 aromatic rings. The Morgan fingerprint density at radius 1 is 1.15 bits per heavy atom. The van der Waals surface area contributed by atoms with E-state index in [2.05, 4.69) is 10.6 Å². The number of hydrogen-bond acceptors (Lipinski definition) is 6. The largest absolute Gasteiger partial charge is 0.481 e. The van der Waals surface area contributed by atoms with Crippen LogP contribution in [-0.2, 0) is 9.53 Å². The van der Waals surface area contributed by atoms with Gasteiger partial charge in [0.25, 0.3) is 5.91 Å². The minimum atomic E-state index is -0.813. The maximum Gasteiger partial charge on any atom is 0.412 e. The van der Waals surface area contributed by atoms with E-state index in [4.69, 9.17) is 9.84 Å². The highest BCUT2D eigenvalue weighted by Gasteiger charge is 2.17. The number of anilines is 1. The van der Waals surface area contributed by atoms with Gasteiger partial charge in [0.2, 0.25) is 0 Å². The zero-order chi connectivity index (χ0) is 20.4. The molecule has 0 aliphatic heterocycles. The minimum Gasteiger partial charge on any atom is -0.481 e. The fourth-order valence-electron chi connectivity index (χ4n) is 1.91. The number of amides is 2. The fourth-order valence-corrected chi connectivity index (χ4v) is 3.80. The Labute approximate surface area is 167 Å². The molecule has 2 amide bonds. The van der Waals surface area contributed by atoms with E-state index < -0.39 is 17.7 Å². The van der Waals surface area contributed by atoms with Crippen molar-refractivity contribution in [2.75, 3.05) is 23.4 Å². The lowest BCUT2D eigenvalue weighted by Gasteiger charge is -2.20. The number of hydrogen-bond donors (Lipinski definition) is 3. The van der Waals surface area contributed by atoms with Crippen LogP contribution in [-0.4, -0.2) is 46.7 Å². The van der Waals surface area contributed by atoms with Gasteiger partial charge in [0.05, 0.1) is 6.42 Å². The molecule has 0 spiro atoms. The van der Waals surface area contributed by atoms with E-state index in [1.54, 1.807) is 39.0 Å². The molecule has 0 aliphatic rings. The number of nitrogens with one attached hydrogen (secondary N) is 2. The first kappa shape index (κ1) is 23.2. The lowest BCUT2D eigenvalue weighted by molar-refractivity contribution is -0.136. The number of carbonyl (C=O) groups is 3. The lowest BCUT2D eigenvalue weighted by Crippen LogP contribution is -2.28. The summed E-state index contributed by atoms with van der Waals surface area (Å²) in [5, 5.41) is 14.0. The molecule has 9 heteroatoms. The predicted molar refractivity (Wildman–Crippen MR) is 111 cm³/mol. The van der Waals surface area contributed by atoms with Crippen LogP contribution in [0.3, 0.4) is 0 Å². The Morgan fingerprint density at radius 2 is 1.81 bits per heavy atom. The highest BCUT2D eigenvalue weighted by atomic mass is 33.1. The van der Waals surface area contributed by atoms with Crippen LogP contribution < -0.4 is 10.6 Å². The second-order valence-corrected chi connectivity index (χ2v) is 9.40. The van der Waals surface area contributed by atoms with Crippen molar-refractivity contribution in [3.8, 4) is 0 Å². The molecule has 0 unspecified atom stereocenters. The van der Waals surface area contributed by atoms with Crippen molar-refractivity contribution < 1.29 is 24.2 Å². The van der Waals surface area contributed by atoms with Gasteiger partial charge in [-0.25, -0.2) is 4.79 Å². The molecule has 3 N–H and O–H groups in total. The highest BCUT2D eigenvalue weighted by molar-refractivity contribution is 8.76. The molecule has 0 aliphatic carbocycles. The SMILES string of the molecule is Cc1ccc(NC(=O)OC(C)(C)C)cc1C(=O)NCCSSCCC(=O)O. The van der Waals surface area contributed by atoms with Gasteiger partial charge in [0.15, 0.2) is 0 Å². The Hall–Kier alpha value is -1.87. The van der Waals surface area contributed by atoms with Crippen LogP contribution in [0, 0.1) is 6.92 Å². The van der Waals surface area contributed by atoms with Crippen molar-refractivity contribution in [3.63, 3.8) is 0 Å². The zero-order valence-electron chi connectivity index (χ0n) is 16.0. The van der Waals surface area contributed by atoms with Crippen LogP contribution in [0.5, 0.6) is 0 Å². The van der Waals surface area contributed by atoms with E-state index >= 15 is 0 Å². The first-order valence-electron chi connectivity index (χ1n) is 8.43. The molecular formula is C18H26N2O5S2. The Balaban J connectivity index is 2.50. The van der Waals surface area contributed by atoms with Crippen LogP contribution in [0.15, 0.2) is 18.2 Å². The summed E-state index contributed by atoms with van der Waals surface area (Å²) in [6.45, 7) is 7.62. The van der Waals surface area contributed by atoms with Crippen LogP contribution in [0.4, 0.5) is 10.5 Å². The molecule has 0 atom stereocenters. The van der Waals surface area contributed by atoms with Crippen molar-refractivity contribution in [1.82, 2.24) is 5.32 Å². The smallest absolute Gasteiger partial charge is 0.412 e. The van der Waals surface area contributed by atoms with Gasteiger partial charge in [-0.05, 0) is 45.4 Å². The fraction of sp³-hybridized carbons (Fsp3) is 0.500.